The lowest BCUT2D eigenvalue weighted by atomic mass is 10.1. The van der Waals surface area contributed by atoms with Gasteiger partial charge in [0.25, 0.3) is 0 Å². The van der Waals surface area contributed by atoms with Crippen molar-refractivity contribution in [2.45, 2.75) is 20.0 Å². The molecule has 0 atom stereocenters. The Morgan fingerprint density at radius 3 is 2.50 bits per heavy atom. The Morgan fingerprint density at radius 1 is 0.781 bits per heavy atom. The molecule has 0 amide bonds. The lowest BCUT2D eigenvalue weighted by Crippen LogP contribution is -2.19. The van der Waals surface area contributed by atoms with E-state index in [1.54, 1.807) is 6.20 Å². The molecule has 0 unspecified atom stereocenters. The van der Waals surface area contributed by atoms with E-state index in [1.807, 2.05) is 55.5 Å². The van der Waals surface area contributed by atoms with Gasteiger partial charge in [0, 0.05) is 25.0 Å². The standard InChI is InChI=1S/C25H23BN6/c1-17-7-5-10-21(28-17)24-25(22-13-12-19-20(29-22)11-6-14-27-19)31-23(30-24)16-32(26)15-18-8-3-2-4-9-18/h2-14H,15-16,26H2,1H3,(H,30,31). The van der Waals surface area contributed by atoms with Crippen LogP contribution < -0.4 is 0 Å². The molecule has 156 valence electrons. The molecule has 0 spiro atoms. The van der Waals surface area contributed by atoms with Crippen LogP contribution in [0.1, 0.15) is 17.1 Å². The molecule has 5 rings (SSSR count). The van der Waals surface area contributed by atoms with Gasteiger partial charge < -0.3 is 9.79 Å². The maximum absolute atomic E-state index is 4.94. The van der Waals surface area contributed by atoms with E-state index in [4.69, 9.17) is 15.0 Å². The molecular formula is C25H23BN6. The number of H-pyrrole nitrogens is 1. The second-order valence-corrected chi connectivity index (χ2v) is 7.97. The van der Waals surface area contributed by atoms with Gasteiger partial charge in [0.1, 0.15) is 11.5 Å². The third kappa shape index (κ3) is 4.29. The van der Waals surface area contributed by atoms with Crippen LogP contribution in [0, 0.1) is 6.92 Å². The van der Waals surface area contributed by atoms with Crippen molar-refractivity contribution in [3.63, 3.8) is 0 Å². The van der Waals surface area contributed by atoms with E-state index in [9.17, 15) is 0 Å². The monoisotopic (exact) mass is 418 g/mol. The molecule has 4 aromatic heterocycles. The summed E-state index contributed by atoms with van der Waals surface area (Å²) in [5.74, 6) is 0.879. The van der Waals surface area contributed by atoms with Crippen LogP contribution in [0.25, 0.3) is 33.8 Å². The minimum atomic E-state index is 0.683. The smallest absolute Gasteiger partial charge is 0.186 e. The normalized spacial score (nSPS) is 11.3. The predicted molar refractivity (Wildman–Crippen MR) is 129 cm³/mol. The zero-order valence-electron chi connectivity index (χ0n) is 18.2. The third-order valence-electron chi connectivity index (χ3n) is 5.31. The molecule has 6 nitrogen and oxygen atoms in total. The van der Waals surface area contributed by atoms with E-state index < -0.39 is 0 Å². The largest absolute Gasteiger partial charge is 0.339 e. The van der Waals surface area contributed by atoms with Crippen molar-refractivity contribution in [1.29, 1.82) is 0 Å². The third-order valence-corrected chi connectivity index (χ3v) is 5.31. The Bertz CT molecular complexity index is 1370. The number of imidazole rings is 1. The molecule has 5 aromatic rings. The van der Waals surface area contributed by atoms with Crippen molar-refractivity contribution in [3.8, 4) is 22.8 Å². The molecule has 32 heavy (non-hydrogen) atoms. The Labute approximate surface area is 187 Å². The molecule has 0 saturated carbocycles. The first-order chi connectivity index (χ1) is 15.7. The van der Waals surface area contributed by atoms with Crippen LogP contribution in [0.2, 0.25) is 0 Å². The van der Waals surface area contributed by atoms with Gasteiger partial charge in [0.15, 0.2) is 7.98 Å². The summed E-state index contributed by atoms with van der Waals surface area (Å²) in [6, 6.07) is 24.3. The topological polar surface area (TPSA) is 70.6 Å². The number of hydrogen-bond donors (Lipinski definition) is 1. The zero-order chi connectivity index (χ0) is 21.9. The highest BCUT2D eigenvalue weighted by Gasteiger charge is 2.18. The van der Waals surface area contributed by atoms with E-state index in [-0.39, 0.29) is 0 Å². The summed E-state index contributed by atoms with van der Waals surface area (Å²) >= 11 is 0. The number of nitrogens with zero attached hydrogens (tertiary/aromatic N) is 5. The van der Waals surface area contributed by atoms with E-state index in [0.717, 1.165) is 51.9 Å². The second kappa shape index (κ2) is 8.73. The Hall–Kier alpha value is -3.84. The fraction of sp³-hybridized carbons (Fsp3) is 0.120. The highest BCUT2D eigenvalue weighted by atomic mass is 15.1. The molecule has 4 heterocycles. The fourth-order valence-electron chi connectivity index (χ4n) is 3.85. The van der Waals surface area contributed by atoms with Gasteiger partial charge >= 0.3 is 0 Å². The summed E-state index contributed by atoms with van der Waals surface area (Å²) in [5.41, 5.74) is 7.29. The molecule has 0 saturated heterocycles. The predicted octanol–water partition coefficient (Wildman–Crippen LogP) is 3.94. The summed E-state index contributed by atoms with van der Waals surface area (Å²) in [6.07, 6.45) is 1.78. The van der Waals surface area contributed by atoms with Crippen LogP contribution in [-0.4, -0.2) is 37.7 Å². The number of aryl methyl sites for hydroxylation is 1. The quantitative estimate of drug-likeness (QED) is 0.423. The first-order valence-electron chi connectivity index (χ1n) is 10.6. The molecular weight excluding hydrogens is 395 g/mol. The lowest BCUT2D eigenvalue weighted by molar-refractivity contribution is 0.432. The maximum Gasteiger partial charge on any atom is 0.186 e. The van der Waals surface area contributed by atoms with Crippen LogP contribution in [0.3, 0.4) is 0 Å². The van der Waals surface area contributed by atoms with E-state index >= 15 is 0 Å². The lowest BCUT2D eigenvalue weighted by Gasteiger charge is -2.15. The van der Waals surface area contributed by atoms with E-state index in [2.05, 4.69) is 47.0 Å². The van der Waals surface area contributed by atoms with Gasteiger partial charge in [-0.1, -0.05) is 36.4 Å². The van der Waals surface area contributed by atoms with Crippen LogP contribution >= 0.6 is 0 Å². The summed E-state index contributed by atoms with van der Waals surface area (Å²) in [5, 5.41) is 0. The Morgan fingerprint density at radius 2 is 1.66 bits per heavy atom. The van der Waals surface area contributed by atoms with Crippen molar-refractivity contribution >= 4 is 19.0 Å². The number of nitrogens with one attached hydrogen (secondary N) is 1. The molecule has 1 N–H and O–H groups in total. The van der Waals surface area contributed by atoms with Gasteiger partial charge in [-0.3, -0.25) is 9.97 Å². The summed E-state index contributed by atoms with van der Waals surface area (Å²) < 4.78 is 0. The summed E-state index contributed by atoms with van der Waals surface area (Å²) in [7, 11) is 2.10. The highest BCUT2D eigenvalue weighted by Crippen LogP contribution is 2.29. The van der Waals surface area contributed by atoms with Crippen molar-refractivity contribution in [1.82, 2.24) is 29.7 Å². The van der Waals surface area contributed by atoms with Crippen LogP contribution in [0.15, 0.2) is 79.0 Å². The van der Waals surface area contributed by atoms with Crippen molar-refractivity contribution < 1.29 is 0 Å². The number of aromatic nitrogens is 5. The molecule has 0 aliphatic carbocycles. The van der Waals surface area contributed by atoms with Crippen molar-refractivity contribution in [3.05, 3.63) is 96.1 Å². The van der Waals surface area contributed by atoms with E-state index in [1.165, 1.54) is 5.56 Å². The Balaban J connectivity index is 1.53. The van der Waals surface area contributed by atoms with Crippen molar-refractivity contribution in [2.24, 2.45) is 0 Å². The Kier molecular flexibility index (Phi) is 5.48. The number of pyridine rings is 3. The average Bonchev–Trinajstić information content (AvgIpc) is 3.23. The number of rotatable bonds is 6. The minimum absolute atomic E-state index is 0.683. The average molecular weight is 418 g/mol. The van der Waals surface area contributed by atoms with E-state index in [0.29, 0.717) is 6.54 Å². The van der Waals surface area contributed by atoms with Gasteiger partial charge in [-0.05, 0) is 48.9 Å². The SMILES string of the molecule is BN(Cc1ccccc1)Cc1nc(-c2cccc(C)n2)c(-c2ccc3ncccc3n2)[nH]1. The summed E-state index contributed by atoms with van der Waals surface area (Å²) in [6.45, 7) is 3.52. The molecule has 0 aliphatic rings. The molecule has 1 aromatic carbocycles. The van der Waals surface area contributed by atoms with Crippen LogP contribution in [0.4, 0.5) is 0 Å². The molecule has 0 radical (unpaired) electrons. The first-order valence-corrected chi connectivity index (χ1v) is 10.6. The second-order valence-electron chi connectivity index (χ2n) is 7.97. The van der Waals surface area contributed by atoms with Gasteiger partial charge in [-0.2, -0.15) is 0 Å². The fourth-order valence-corrected chi connectivity index (χ4v) is 3.85. The molecule has 0 fully saturated rings. The first kappa shape index (κ1) is 20.1. The number of aromatic amines is 1. The molecule has 0 bridgehead atoms. The number of hydrogen-bond acceptors (Lipinski definition) is 5. The van der Waals surface area contributed by atoms with Gasteiger partial charge in [-0.25, -0.2) is 9.97 Å². The van der Waals surface area contributed by atoms with Crippen LogP contribution in [0.5, 0.6) is 0 Å². The van der Waals surface area contributed by atoms with Gasteiger partial charge in [-0.15, -0.1) is 0 Å². The maximum atomic E-state index is 4.94. The number of fused-ring (bicyclic) bond motifs is 1. The highest BCUT2D eigenvalue weighted by molar-refractivity contribution is 6.04. The van der Waals surface area contributed by atoms with Gasteiger partial charge in [0.05, 0.1) is 28.1 Å². The molecule has 7 heteroatoms. The minimum Gasteiger partial charge on any atom is -0.339 e. The van der Waals surface area contributed by atoms with Crippen LogP contribution in [-0.2, 0) is 13.1 Å². The van der Waals surface area contributed by atoms with Gasteiger partial charge in [0.2, 0.25) is 0 Å². The number of benzene rings is 1. The molecule has 0 aliphatic heterocycles. The summed E-state index contributed by atoms with van der Waals surface area (Å²) in [4.78, 5) is 24.6. The zero-order valence-corrected chi connectivity index (χ0v) is 18.2. The van der Waals surface area contributed by atoms with Crippen molar-refractivity contribution in [2.75, 3.05) is 0 Å².